The summed E-state index contributed by atoms with van der Waals surface area (Å²) in [4.78, 5) is 10.2. The third-order valence-electron chi connectivity index (χ3n) is 2.59. The van der Waals surface area contributed by atoms with Crippen molar-refractivity contribution in [3.05, 3.63) is 32.8 Å². The van der Waals surface area contributed by atoms with Gasteiger partial charge in [0.1, 0.15) is 6.10 Å². The maximum atomic E-state index is 10.9. The molecule has 0 aliphatic rings. The van der Waals surface area contributed by atoms with Gasteiger partial charge < -0.3 is 20.3 Å². The second-order valence-electron chi connectivity index (χ2n) is 3.87. The van der Waals surface area contributed by atoms with E-state index in [-0.39, 0.29) is 28.6 Å². The van der Waals surface area contributed by atoms with Gasteiger partial charge in [-0.25, -0.2) is 0 Å². The van der Waals surface area contributed by atoms with E-state index in [9.17, 15) is 20.3 Å². The Kier molecular flexibility index (Phi) is 5.49. The maximum absolute atomic E-state index is 10.9. The van der Waals surface area contributed by atoms with Crippen molar-refractivity contribution in [3.63, 3.8) is 0 Å². The molecule has 0 spiro atoms. The molecule has 19 heavy (non-hydrogen) atoms. The van der Waals surface area contributed by atoms with Gasteiger partial charge in [0.25, 0.3) is 0 Å². The third kappa shape index (κ3) is 3.54. The van der Waals surface area contributed by atoms with Gasteiger partial charge in [0, 0.05) is 24.2 Å². The zero-order valence-electron chi connectivity index (χ0n) is 10.5. The summed E-state index contributed by atoms with van der Waals surface area (Å²) < 4.78 is 4.85. The topological polar surface area (TPSA) is 105 Å². The number of methoxy groups -OCH3 is 1. The molecule has 1 aromatic carbocycles. The predicted octanol–water partition coefficient (Wildman–Crippen LogP) is 0.870. The van der Waals surface area contributed by atoms with Crippen molar-refractivity contribution >= 4 is 17.3 Å². The Morgan fingerprint density at radius 1 is 1.53 bits per heavy atom. The minimum absolute atomic E-state index is 0.00550. The number of hydrogen-bond donors (Lipinski definition) is 3. The Hall–Kier alpha value is -1.41. The summed E-state index contributed by atoms with van der Waals surface area (Å²) in [6, 6.07) is 2.34. The van der Waals surface area contributed by atoms with E-state index in [1.165, 1.54) is 13.2 Å². The van der Waals surface area contributed by atoms with Gasteiger partial charge in [-0.3, -0.25) is 10.1 Å². The first-order valence-corrected chi connectivity index (χ1v) is 5.82. The number of likely N-dealkylation sites (N-methyl/N-ethyl adjacent to an activating group) is 1. The highest BCUT2D eigenvalue weighted by Gasteiger charge is 2.25. The average Bonchev–Trinajstić information content (AvgIpc) is 2.37. The summed E-state index contributed by atoms with van der Waals surface area (Å²) in [6.45, 7) is 0.122. The van der Waals surface area contributed by atoms with E-state index in [4.69, 9.17) is 16.3 Å². The van der Waals surface area contributed by atoms with Crippen LogP contribution in [-0.4, -0.2) is 41.9 Å². The fourth-order valence-corrected chi connectivity index (χ4v) is 1.89. The van der Waals surface area contributed by atoms with E-state index < -0.39 is 17.1 Å². The van der Waals surface area contributed by atoms with Gasteiger partial charge >= 0.3 is 5.69 Å². The predicted molar refractivity (Wildman–Crippen MR) is 69.6 cm³/mol. The lowest BCUT2D eigenvalue weighted by atomic mass is 10.0. The smallest absolute Gasteiger partial charge is 0.311 e. The van der Waals surface area contributed by atoms with Crippen LogP contribution < -0.4 is 10.1 Å². The quantitative estimate of drug-likeness (QED) is 0.530. The number of hydrogen-bond acceptors (Lipinski definition) is 6. The number of halogens is 1. The highest BCUT2D eigenvalue weighted by molar-refractivity contribution is 6.31. The molecule has 0 fully saturated rings. The second-order valence-corrected chi connectivity index (χ2v) is 4.28. The molecule has 0 saturated heterocycles. The molecule has 0 radical (unpaired) electrons. The van der Waals surface area contributed by atoms with Crippen LogP contribution in [0.1, 0.15) is 11.7 Å². The largest absolute Gasteiger partial charge is 0.490 e. The Bertz CT molecular complexity index is 469. The molecular weight excluding hydrogens is 276 g/mol. The lowest BCUT2D eigenvalue weighted by molar-refractivity contribution is -0.385. The molecule has 2 unspecified atom stereocenters. The first-order valence-electron chi connectivity index (χ1n) is 5.45. The van der Waals surface area contributed by atoms with E-state index in [0.717, 1.165) is 6.07 Å². The molecule has 8 heteroatoms. The number of benzene rings is 1. The normalized spacial score (nSPS) is 13.9. The molecule has 0 bridgehead atoms. The molecule has 0 saturated carbocycles. The molecule has 0 aliphatic heterocycles. The van der Waals surface area contributed by atoms with Crippen LogP contribution in [0.2, 0.25) is 5.02 Å². The zero-order chi connectivity index (χ0) is 14.6. The number of nitrogens with zero attached hydrogens (tertiary/aromatic N) is 1. The highest BCUT2D eigenvalue weighted by Crippen LogP contribution is 2.36. The Labute approximate surface area is 114 Å². The monoisotopic (exact) mass is 290 g/mol. The highest BCUT2D eigenvalue weighted by atomic mass is 35.5. The van der Waals surface area contributed by atoms with E-state index in [0.29, 0.717) is 0 Å². The average molecular weight is 291 g/mol. The minimum atomic E-state index is -1.33. The van der Waals surface area contributed by atoms with Crippen LogP contribution in [0, 0.1) is 10.1 Å². The van der Waals surface area contributed by atoms with Crippen LogP contribution in [0.25, 0.3) is 0 Å². The second kappa shape index (κ2) is 6.67. The van der Waals surface area contributed by atoms with Gasteiger partial charge in [-0.1, -0.05) is 11.6 Å². The summed E-state index contributed by atoms with van der Waals surface area (Å²) in [5.41, 5.74) is -0.241. The standard InChI is InChI=1S/C11H15ClN2O5/c1-13-5-9(15)11(16)6-3-8(14(17)18)10(19-2)4-7(6)12/h3-4,9,11,13,15-16H,5H2,1-2H3. The number of aliphatic hydroxyl groups excluding tert-OH is 2. The van der Waals surface area contributed by atoms with Gasteiger partial charge in [-0.2, -0.15) is 0 Å². The fraction of sp³-hybridized carbons (Fsp3) is 0.455. The molecule has 3 N–H and O–H groups in total. The van der Waals surface area contributed by atoms with Crippen molar-refractivity contribution in [1.29, 1.82) is 0 Å². The van der Waals surface area contributed by atoms with Gasteiger partial charge in [0.2, 0.25) is 0 Å². The zero-order valence-corrected chi connectivity index (χ0v) is 11.2. The van der Waals surface area contributed by atoms with Crippen molar-refractivity contribution in [2.24, 2.45) is 0 Å². The van der Waals surface area contributed by atoms with Crippen molar-refractivity contribution in [2.45, 2.75) is 12.2 Å². The molecule has 0 heterocycles. The SMILES string of the molecule is CNCC(O)C(O)c1cc([N+](=O)[O-])c(OC)cc1Cl. The summed E-state index contributed by atoms with van der Waals surface area (Å²) >= 11 is 5.93. The minimum Gasteiger partial charge on any atom is -0.490 e. The van der Waals surface area contributed by atoms with Crippen LogP contribution in [0.3, 0.4) is 0 Å². The molecule has 0 amide bonds. The number of nitro benzene ring substituents is 1. The first-order chi connectivity index (χ1) is 8.92. The van der Waals surface area contributed by atoms with Gasteiger partial charge in [0.15, 0.2) is 5.75 Å². The van der Waals surface area contributed by atoms with E-state index >= 15 is 0 Å². The summed E-state index contributed by atoms with van der Waals surface area (Å²) in [5, 5.41) is 33.3. The van der Waals surface area contributed by atoms with Crippen molar-refractivity contribution in [3.8, 4) is 5.75 Å². The van der Waals surface area contributed by atoms with Crippen LogP contribution in [0.5, 0.6) is 5.75 Å². The van der Waals surface area contributed by atoms with Crippen LogP contribution in [0.4, 0.5) is 5.69 Å². The van der Waals surface area contributed by atoms with Crippen LogP contribution in [-0.2, 0) is 0 Å². The van der Waals surface area contributed by atoms with E-state index in [1.54, 1.807) is 7.05 Å². The molecule has 0 aliphatic carbocycles. The molecule has 0 aromatic heterocycles. The molecule has 106 valence electrons. The molecule has 1 aromatic rings. The summed E-state index contributed by atoms with van der Waals surface area (Å²) in [6.07, 6.45) is -2.46. The van der Waals surface area contributed by atoms with Crippen molar-refractivity contribution in [2.75, 3.05) is 20.7 Å². The molecular formula is C11H15ClN2O5. The number of nitrogens with one attached hydrogen (secondary N) is 1. The van der Waals surface area contributed by atoms with Crippen molar-refractivity contribution in [1.82, 2.24) is 5.32 Å². The molecule has 1 rings (SSSR count). The maximum Gasteiger partial charge on any atom is 0.311 e. The molecule has 2 atom stereocenters. The Balaban J connectivity index is 3.21. The lowest BCUT2D eigenvalue weighted by Crippen LogP contribution is -2.29. The van der Waals surface area contributed by atoms with Gasteiger partial charge in [0.05, 0.1) is 23.2 Å². The number of nitro groups is 1. The Morgan fingerprint density at radius 2 is 2.16 bits per heavy atom. The first kappa shape index (κ1) is 15.6. The summed E-state index contributed by atoms with van der Waals surface area (Å²) in [7, 11) is 2.89. The van der Waals surface area contributed by atoms with E-state index in [1.807, 2.05) is 0 Å². The molecule has 7 nitrogen and oxygen atoms in total. The Morgan fingerprint density at radius 3 is 2.63 bits per heavy atom. The number of aliphatic hydroxyl groups is 2. The lowest BCUT2D eigenvalue weighted by Gasteiger charge is -2.19. The van der Waals surface area contributed by atoms with Gasteiger partial charge in [-0.05, 0) is 7.05 Å². The third-order valence-corrected chi connectivity index (χ3v) is 2.92. The number of ether oxygens (including phenoxy) is 1. The van der Waals surface area contributed by atoms with E-state index in [2.05, 4.69) is 5.32 Å². The summed E-state index contributed by atoms with van der Waals surface area (Å²) in [5.74, 6) is -0.00550. The van der Waals surface area contributed by atoms with Crippen LogP contribution >= 0.6 is 11.6 Å². The van der Waals surface area contributed by atoms with Crippen LogP contribution in [0.15, 0.2) is 12.1 Å². The number of rotatable bonds is 6. The van der Waals surface area contributed by atoms with Crippen molar-refractivity contribution < 1.29 is 19.9 Å². The fourth-order valence-electron chi connectivity index (χ4n) is 1.62. The van der Waals surface area contributed by atoms with Gasteiger partial charge in [-0.15, -0.1) is 0 Å².